The summed E-state index contributed by atoms with van der Waals surface area (Å²) in [5.41, 5.74) is 1.34. The molecular formula is C19H22N4O3S. The summed E-state index contributed by atoms with van der Waals surface area (Å²) in [6, 6.07) is 6.34. The monoisotopic (exact) mass is 386 g/mol. The number of thiophene rings is 1. The summed E-state index contributed by atoms with van der Waals surface area (Å²) >= 11 is 1.57. The molecule has 3 heterocycles. The highest BCUT2D eigenvalue weighted by Gasteiger charge is 2.24. The molecule has 1 amide bonds. The third kappa shape index (κ3) is 3.95. The van der Waals surface area contributed by atoms with Gasteiger partial charge in [0.2, 0.25) is 0 Å². The van der Waals surface area contributed by atoms with Crippen molar-refractivity contribution in [2.45, 2.75) is 39.3 Å². The lowest BCUT2D eigenvalue weighted by Crippen LogP contribution is -2.38. The van der Waals surface area contributed by atoms with Gasteiger partial charge in [0.15, 0.2) is 5.65 Å². The molecule has 0 saturated carbocycles. The molecule has 3 aromatic heterocycles. The molecule has 7 nitrogen and oxygen atoms in total. The molecule has 0 aromatic carbocycles. The van der Waals surface area contributed by atoms with Gasteiger partial charge in [-0.1, -0.05) is 6.07 Å². The number of imidazole rings is 1. The van der Waals surface area contributed by atoms with Crippen molar-refractivity contribution in [1.29, 1.82) is 0 Å². The SMILES string of the molecule is CC(NC(=O)c1cccn2c(NC(C)(C)C)c(-c3cccs3)nc12)C(=O)O. The van der Waals surface area contributed by atoms with E-state index in [4.69, 9.17) is 10.1 Å². The smallest absolute Gasteiger partial charge is 0.325 e. The minimum absolute atomic E-state index is 0.210. The summed E-state index contributed by atoms with van der Waals surface area (Å²) in [6.45, 7) is 7.58. The third-order valence-electron chi connectivity index (χ3n) is 3.86. The first kappa shape index (κ1) is 18.9. The number of carbonyl (C=O) groups excluding carboxylic acids is 1. The fourth-order valence-electron chi connectivity index (χ4n) is 2.64. The highest BCUT2D eigenvalue weighted by molar-refractivity contribution is 7.13. The van der Waals surface area contributed by atoms with Gasteiger partial charge < -0.3 is 15.7 Å². The van der Waals surface area contributed by atoms with E-state index in [0.717, 1.165) is 16.4 Å². The van der Waals surface area contributed by atoms with Gasteiger partial charge in [0.1, 0.15) is 17.6 Å². The Hall–Kier alpha value is -2.87. The van der Waals surface area contributed by atoms with Crippen molar-refractivity contribution < 1.29 is 14.7 Å². The van der Waals surface area contributed by atoms with E-state index in [1.54, 1.807) is 23.5 Å². The Morgan fingerprint density at radius 2 is 2.00 bits per heavy atom. The van der Waals surface area contributed by atoms with E-state index in [1.165, 1.54) is 6.92 Å². The lowest BCUT2D eigenvalue weighted by molar-refractivity contribution is -0.138. The summed E-state index contributed by atoms with van der Waals surface area (Å²) in [5, 5.41) is 17.0. The van der Waals surface area contributed by atoms with Crippen LogP contribution in [-0.2, 0) is 4.79 Å². The van der Waals surface area contributed by atoms with Gasteiger partial charge >= 0.3 is 5.97 Å². The van der Waals surface area contributed by atoms with Gasteiger partial charge in [0.05, 0.1) is 10.4 Å². The third-order valence-corrected chi connectivity index (χ3v) is 4.74. The van der Waals surface area contributed by atoms with Crippen LogP contribution in [0.1, 0.15) is 38.1 Å². The molecular weight excluding hydrogens is 364 g/mol. The van der Waals surface area contributed by atoms with Crippen molar-refractivity contribution in [3.8, 4) is 10.6 Å². The van der Waals surface area contributed by atoms with Crippen LogP contribution in [0.15, 0.2) is 35.8 Å². The number of hydrogen-bond donors (Lipinski definition) is 3. The number of aromatic nitrogens is 2. The molecule has 1 unspecified atom stereocenters. The molecule has 3 aromatic rings. The molecule has 3 rings (SSSR count). The molecule has 1 atom stereocenters. The van der Waals surface area contributed by atoms with E-state index in [-0.39, 0.29) is 5.54 Å². The largest absolute Gasteiger partial charge is 0.480 e. The second kappa shape index (κ2) is 7.03. The fourth-order valence-corrected chi connectivity index (χ4v) is 3.36. The molecule has 0 saturated heterocycles. The molecule has 0 aliphatic rings. The first-order chi connectivity index (χ1) is 12.7. The van der Waals surface area contributed by atoms with Crippen LogP contribution in [0.4, 0.5) is 5.82 Å². The van der Waals surface area contributed by atoms with Gasteiger partial charge in [-0.3, -0.25) is 14.0 Å². The lowest BCUT2D eigenvalue weighted by Gasteiger charge is -2.22. The molecule has 142 valence electrons. The Balaban J connectivity index is 2.15. The van der Waals surface area contributed by atoms with Crippen LogP contribution in [0.3, 0.4) is 0 Å². The number of carboxylic acids is 1. The van der Waals surface area contributed by atoms with Gasteiger partial charge in [-0.15, -0.1) is 11.3 Å². The number of anilines is 1. The Bertz CT molecular complexity index is 986. The van der Waals surface area contributed by atoms with Gasteiger partial charge in [-0.05, 0) is 51.3 Å². The summed E-state index contributed by atoms with van der Waals surface area (Å²) in [5.74, 6) is -0.769. The van der Waals surface area contributed by atoms with Crippen LogP contribution in [-0.4, -0.2) is 37.9 Å². The maximum atomic E-state index is 12.6. The van der Waals surface area contributed by atoms with Crippen LogP contribution in [0.5, 0.6) is 0 Å². The number of nitrogens with one attached hydrogen (secondary N) is 2. The second-order valence-electron chi connectivity index (χ2n) is 7.31. The molecule has 0 fully saturated rings. The second-order valence-corrected chi connectivity index (χ2v) is 8.26. The molecule has 0 bridgehead atoms. The lowest BCUT2D eigenvalue weighted by atomic mass is 10.1. The molecule has 0 aliphatic carbocycles. The topological polar surface area (TPSA) is 95.7 Å². The van der Waals surface area contributed by atoms with E-state index in [9.17, 15) is 9.59 Å². The maximum absolute atomic E-state index is 12.6. The number of aliphatic carboxylic acids is 1. The molecule has 27 heavy (non-hydrogen) atoms. The van der Waals surface area contributed by atoms with Crippen LogP contribution in [0, 0.1) is 0 Å². The van der Waals surface area contributed by atoms with E-state index in [1.807, 2.05) is 28.1 Å². The normalized spacial score (nSPS) is 12.7. The van der Waals surface area contributed by atoms with E-state index >= 15 is 0 Å². The Kier molecular flexibility index (Phi) is 4.93. The van der Waals surface area contributed by atoms with E-state index in [0.29, 0.717) is 11.2 Å². The van der Waals surface area contributed by atoms with Crippen LogP contribution >= 0.6 is 11.3 Å². The van der Waals surface area contributed by atoms with Crippen molar-refractivity contribution in [1.82, 2.24) is 14.7 Å². The number of hydrogen-bond acceptors (Lipinski definition) is 5. The maximum Gasteiger partial charge on any atom is 0.325 e. The fraction of sp³-hybridized carbons (Fsp3) is 0.316. The standard InChI is InChI=1S/C19H22N4O3S/c1-11(18(25)26)20-17(24)12-7-5-9-23-15(12)21-14(13-8-6-10-27-13)16(23)22-19(2,3)4/h5-11,22H,1-4H3,(H,20,24)(H,25,26). The summed E-state index contributed by atoms with van der Waals surface area (Å²) < 4.78 is 1.83. The Labute approximate surface area is 161 Å². The zero-order chi connectivity index (χ0) is 19.8. The highest BCUT2D eigenvalue weighted by atomic mass is 32.1. The molecule has 3 N–H and O–H groups in total. The van der Waals surface area contributed by atoms with Crippen molar-refractivity contribution in [3.05, 3.63) is 41.4 Å². The highest BCUT2D eigenvalue weighted by Crippen LogP contribution is 2.34. The predicted molar refractivity (Wildman–Crippen MR) is 106 cm³/mol. The average molecular weight is 386 g/mol. The molecule has 0 radical (unpaired) electrons. The number of fused-ring (bicyclic) bond motifs is 1. The average Bonchev–Trinajstić information content (AvgIpc) is 3.21. The molecule has 0 spiro atoms. The van der Waals surface area contributed by atoms with E-state index < -0.39 is 17.9 Å². The molecule has 8 heteroatoms. The van der Waals surface area contributed by atoms with Crippen molar-refractivity contribution in [2.24, 2.45) is 0 Å². The first-order valence-electron chi connectivity index (χ1n) is 8.54. The van der Waals surface area contributed by atoms with Gasteiger partial charge in [-0.2, -0.15) is 0 Å². The number of carboxylic acid groups (broad SMARTS) is 1. The number of amides is 1. The zero-order valence-corrected chi connectivity index (χ0v) is 16.4. The predicted octanol–water partition coefficient (Wildman–Crippen LogP) is 3.48. The van der Waals surface area contributed by atoms with E-state index in [2.05, 4.69) is 31.4 Å². The number of carbonyl (C=O) groups is 2. The van der Waals surface area contributed by atoms with Crippen LogP contribution in [0.2, 0.25) is 0 Å². The van der Waals surface area contributed by atoms with Gasteiger partial charge in [0, 0.05) is 11.7 Å². The number of pyridine rings is 1. The Morgan fingerprint density at radius 1 is 1.26 bits per heavy atom. The van der Waals surface area contributed by atoms with Crippen molar-refractivity contribution in [3.63, 3.8) is 0 Å². The minimum atomic E-state index is -1.09. The van der Waals surface area contributed by atoms with Gasteiger partial charge in [0.25, 0.3) is 5.91 Å². The summed E-state index contributed by atoms with van der Waals surface area (Å²) in [4.78, 5) is 29.4. The molecule has 0 aliphatic heterocycles. The summed E-state index contributed by atoms with van der Waals surface area (Å²) in [6.07, 6.45) is 1.84. The van der Waals surface area contributed by atoms with Crippen molar-refractivity contribution in [2.75, 3.05) is 5.32 Å². The van der Waals surface area contributed by atoms with Crippen LogP contribution < -0.4 is 10.6 Å². The summed E-state index contributed by atoms with van der Waals surface area (Å²) in [7, 11) is 0. The quantitative estimate of drug-likeness (QED) is 0.624. The first-order valence-corrected chi connectivity index (χ1v) is 9.42. The number of rotatable bonds is 5. The van der Waals surface area contributed by atoms with Crippen LogP contribution in [0.25, 0.3) is 16.2 Å². The number of nitrogens with zero attached hydrogens (tertiary/aromatic N) is 2. The minimum Gasteiger partial charge on any atom is -0.480 e. The van der Waals surface area contributed by atoms with Crippen molar-refractivity contribution >= 4 is 34.7 Å². The zero-order valence-electron chi connectivity index (χ0n) is 15.6. The Morgan fingerprint density at radius 3 is 2.59 bits per heavy atom. The van der Waals surface area contributed by atoms with Gasteiger partial charge in [-0.25, -0.2) is 4.98 Å².